The molecule has 4 heterocycles. The third kappa shape index (κ3) is 3.17. The lowest BCUT2D eigenvalue weighted by molar-refractivity contribution is -0.0128. The Kier molecular flexibility index (Phi) is 4.13. The summed E-state index contributed by atoms with van der Waals surface area (Å²) in [6.45, 7) is 0. The normalized spacial score (nSPS) is 25.3. The van der Waals surface area contributed by atoms with Crippen LogP contribution in [0.5, 0.6) is 5.75 Å². The highest BCUT2D eigenvalue weighted by atomic mass is 19.3. The van der Waals surface area contributed by atoms with Crippen molar-refractivity contribution in [3.8, 4) is 17.0 Å². The molecule has 0 amide bonds. The smallest absolute Gasteiger partial charge is 0.264 e. The fourth-order valence-electron chi connectivity index (χ4n) is 4.51. The molecule has 29 heavy (non-hydrogen) atoms. The number of hydrogen-bond donors (Lipinski definition) is 2. The molecule has 150 valence electrons. The number of hydrogen-bond acceptors (Lipinski definition) is 6. The zero-order valence-corrected chi connectivity index (χ0v) is 15.9. The number of pyridine rings is 1. The van der Waals surface area contributed by atoms with Crippen molar-refractivity contribution in [2.75, 3.05) is 11.9 Å². The number of rotatable bonds is 3. The molecule has 0 aliphatic carbocycles. The van der Waals surface area contributed by atoms with Gasteiger partial charge in [0.25, 0.3) is 5.92 Å². The first-order valence-electron chi connectivity index (χ1n) is 9.68. The van der Waals surface area contributed by atoms with Gasteiger partial charge >= 0.3 is 0 Å². The first-order valence-corrected chi connectivity index (χ1v) is 9.68. The second-order valence-electron chi connectivity index (χ2n) is 7.99. The summed E-state index contributed by atoms with van der Waals surface area (Å²) in [7, 11) is 1.87. The van der Waals surface area contributed by atoms with Crippen molar-refractivity contribution in [1.29, 1.82) is 0 Å². The van der Waals surface area contributed by atoms with Crippen LogP contribution in [0.4, 0.5) is 14.6 Å². The maximum Gasteiger partial charge on any atom is 0.264 e. The van der Waals surface area contributed by atoms with Crippen LogP contribution in [0.25, 0.3) is 22.0 Å². The summed E-state index contributed by atoms with van der Waals surface area (Å²) in [5, 5.41) is 23.8. The lowest BCUT2D eigenvalue weighted by atomic mass is 9.98. The van der Waals surface area contributed by atoms with Gasteiger partial charge in [0, 0.05) is 48.9 Å². The van der Waals surface area contributed by atoms with E-state index in [1.165, 1.54) is 0 Å². The number of phenols is 1. The number of nitrogens with one attached hydrogen (secondary N) is 1. The molecule has 0 unspecified atom stereocenters. The van der Waals surface area contributed by atoms with Crippen LogP contribution in [0.1, 0.15) is 19.3 Å². The van der Waals surface area contributed by atoms with Crippen LogP contribution in [0.3, 0.4) is 0 Å². The van der Waals surface area contributed by atoms with Gasteiger partial charge in [0.1, 0.15) is 5.75 Å². The molecule has 3 atom stereocenters. The standard InChI is InChI=1S/C21H21F2N5O/c1-28(15-8-14-10-21(22,23)19(9-15)25-14)20-3-2-17(26-27-20)16-6-12-4-5-24-11-13(12)7-18(16)29/h2-7,11,14-15,19,25,29H,8-10H2,1H3/t14-,15+,19+/m0/s1. The maximum absolute atomic E-state index is 14.0. The Bertz CT molecular complexity index is 1060. The van der Waals surface area contributed by atoms with E-state index in [1.54, 1.807) is 24.5 Å². The molecule has 2 saturated heterocycles. The lowest BCUT2D eigenvalue weighted by Crippen LogP contribution is -2.49. The fourth-order valence-corrected chi connectivity index (χ4v) is 4.51. The molecule has 5 rings (SSSR count). The molecule has 8 heteroatoms. The van der Waals surface area contributed by atoms with Crippen LogP contribution >= 0.6 is 0 Å². The maximum atomic E-state index is 14.0. The van der Waals surface area contributed by atoms with Gasteiger partial charge in [0.05, 0.1) is 11.7 Å². The minimum atomic E-state index is -2.64. The molecule has 6 nitrogen and oxygen atoms in total. The van der Waals surface area contributed by atoms with Gasteiger partial charge in [-0.25, -0.2) is 8.78 Å². The van der Waals surface area contributed by atoms with E-state index in [0.717, 1.165) is 10.8 Å². The summed E-state index contributed by atoms with van der Waals surface area (Å²) in [6, 6.07) is 8.05. The summed E-state index contributed by atoms with van der Waals surface area (Å²) in [5.41, 5.74) is 1.14. The van der Waals surface area contributed by atoms with Gasteiger partial charge in [-0.05, 0) is 48.6 Å². The monoisotopic (exact) mass is 397 g/mol. The molecule has 2 aliphatic rings. The van der Waals surface area contributed by atoms with Crippen molar-refractivity contribution in [1.82, 2.24) is 20.5 Å². The number of aromatic nitrogens is 3. The number of fused-ring (bicyclic) bond motifs is 3. The molecule has 0 saturated carbocycles. The van der Waals surface area contributed by atoms with Gasteiger partial charge in [-0.1, -0.05) is 0 Å². The predicted molar refractivity (Wildman–Crippen MR) is 106 cm³/mol. The van der Waals surface area contributed by atoms with Crippen LogP contribution in [0.15, 0.2) is 42.7 Å². The second-order valence-corrected chi connectivity index (χ2v) is 7.99. The van der Waals surface area contributed by atoms with E-state index in [-0.39, 0.29) is 24.3 Å². The Hall–Kier alpha value is -2.87. The molecule has 2 aliphatic heterocycles. The zero-order chi connectivity index (χ0) is 20.2. The van der Waals surface area contributed by atoms with Crippen molar-refractivity contribution in [3.63, 3.8) is 0 Å². The average Bonchev–Trinajstić information content (AvgIpc) is 2.93. The quantitative estimate of drug-likeness (QED) is 0.706. The number of aromatic hydroxyl groups is 1. The summed E-state index contributed by atoms with van der Waals surface area (Å²) in [4.78, 5) is 6.00. The average molecular weight is 397 g/mol. The van der Waals surface area contributed by atoms with Gasteiger partial charge in [-0.2, -0.15) is 0 Å². The van der Waals surface area contributed by atoms with E-state index in [4.69, 9.17) is 0 Å². The number of halogens is 2. The van der Waals surface area contributed by atoms with Gasteiger partial charge in [-0.15, -0.1) is 10.2 Å². The van der Waals surface area contributed by atoms with Gasteiger partial charge in [0.15, 0.2) is 5.82 Å². The van der Waals surface area contributed by atoms with Gasteiger partial charge in [0.2, 0.25) is 0 Å². The van der Waals surface area contributed by atoms with Crippen LogP contribution in [-0.4, -0.2) is 51.4 Å². The highest BCUT2D eigenvalue weighted by molar-refractivity contribution is 5.89. The summed E-state index contributed by atoms with van der Waals surface area (Å²) in [5.74, 6) is -1.90. The number of nitrogens with zero attached hydrogens (tertiary/aromatic N) is 4. The second kappa shape index (κ2) is 6.59. The van der Waals surface area contributed by atoms with Crippen molar-refractivity contribution in [2.24, 2.45) is 0 Å². The van der Waals surface area contributed by atoms with Crippen LogP contribution < -0.4 is 10.2 Å². The molecular formula is C21H21F2N5O. The van der Waals surface area contributed by atoms with Gasteiger partial charge in [-0.3, -0.25) is 4.98 Å². The van der Waals surface area contributed by atoms with E-state index in [2.05, 4.69) is 20.5 Å². The Balaban J connectivity index is 1.39. The molecule has 0 spiro atoms. The third-order valence-electron chi connectivity index (χ3n) is 6.12. The van der Waals surface area contributed by atoms with Crippen LogP contribution in [-0.2, 0) is 0 Å². The Morgan fingerprint density at radius 2 is 2.00 bits per heavy atom. The molecule has 3 aromatic rings. The SMILES string of the molecule is CN(c1ccc(-c2cc3ccncc3cc2O)nn1)[C@@H]1C[C@H]2CC(F)(F)[C@@H](C1)N2. The van der Waals surface area contributed by atoms with Crippen molar-refractivity contribution < 1.29 is 13.9 Å². The summed E-state index contributed by atoms with van der Waals surface area (Å²) < 4.78 is 28.0. The molecule has 1 aromatic carbocycles. The lowest BCUT2D eigenvalue weighted by Gasteiger charge is -2.36. The molecule has 2 aromatic heterocycles. The molecule has 2 bridgehead atoms. The number of alkyl halides is 2. The summed E-state index contributed by atoms with van der Waals surface area (Å²) >= 11 is 0. The Morgan fingerprint density at radius 3 is 2.76 bits per heavy atom. The third-order valence-corrected chi connectivity index (χ3v) is 6.12. The number of anilines is 1. The van der Waals surface area contributed by atoms with E-state index in [1.807, 2.05) is 30.1 Å². The van der Waals surface area contributed by atoms with E-state index in [9.17, 15) is 13.9 Å². The summed E-state index contributed by atoms with van der Waals surface area (Å²) in [6.07, 6.45) is 4.33. The van der Waals surface area contributed by atoms with Crippen LogP contribution in [0.2, 0.25) is 0 Å². The highest BCUT2D eigenvalue weighted by Gasteiger charge is 2.53. The van der Waals surface area contributed by atoms with Gasteiger partial charge < -0.3 is 15.3 Å². The largest absolute Gasteiger partial charge is 0.507 e. The van der Waals surface area contributed by atoms with E-state index < -0.39 is 12.0 Å². The van der Waals surface area contributed by atoms with E-state index in [0.29, 0.717) is 29.9 Å². The van der Waals surface area contributed by atoms with E-state index >= 15 is 0 Å². The number of phenolic OH excluding ortho intramolecular Hbond substituents is 1. The molecule has 0 radical (unpaired) electrons. The molecular weight excluding hydrogens is 376 g/mol. The zero-order valence-electron chi connectivity index (χ0n) is 15.9. The van der Waals surface area contributed by atoms with Crippen molar-refractivity contribution in [3.05, 3.63) is 42.7 Å². The van der Waals surface area contributed by atoms with Crippen molar-refractivity contribution in [2.45, 2.75) is 43.3 Å². The van der Waals surface area contributed by atoms with Crippen molar-refractivity contribution >= 4 is 16.6 Å². The number of piperidine rings is 1. The topological polar surface area (TPSA) is 74.2 Å². The minimum Gasteiger partial charge on any atom is -0.507 e. The molecule has 2 fully saturated rings. The Labute approximate surface area is 166 Å². The Morgan fingerprint density at radius 1 is 1.14 bits per heavy atom. The minimum absolute atomic E-state index is 0.0126. The van der Waals surface area contributed by atoms with Crippen LogP contribution in [0, 0.1) is 0 Å². The first-order chi connectivity index (χ1) is 13.9. The molecule has 2 N–H and O–H groups in total. The first kappa shape index (κ1) is 18.2. The predicted octanol–water partition coefficient (Wildman–Crippen LogP) is 3.36. The number of benzene rings is 1. The highest BCUT2D eigenvalue weighted by Crippen LogP contribution is 2.41. The fraction of sp³-hybridized carbons (Fsp3) is 0.381.